The van der Waals surface area contributed by atoms with E-state index in [1.54, 1.807) is 0 Å². The second kappa shape index (κ2) is 4.54. The molecule has 0 radical (unpaired) electrons. The molecular formula is C11H22N2. The molecule has 0 aliphatic carbocycles. The van der Waals surface area contributed by atoms with Crippen molar-refractivity contribution in [3.05, 3.63) is 11.9 Å². The lowest BCUT2D eigenvalue weighted by Crippen LogP contribution is -2.41. The summed E-state index contributed by atoms with van der Waals surface area (Å²) in [6.45, 7) is 9.17. The lowest BCUT2D eigenvalue weighted by atomic mass is 9.92. The Kier molecular flexibility index (Phi) is 3.64. The molecule has 0 saturated carbocycles. The fourth-order valence-electron chi connectivity index (χ4n) is 2.34. The van der Waals surface area contributed by atoms with E-state index in [1.165, 1.54) is 25.3 Å². The molecule has 0 bridgehead atoms. The van der Waals surface area contributed by atoms with Gasteiger partial charge in [-0.25, -0.2) is 0 Å². The maximum absolute atomic E-state index is 3.25. The van der Waals surface area contributed by atoms with Crippen molar-refractivity contribution in [2.24, 2.45) is 11.8 Å². The van der Waals surface area contributed by atoms with E-state index in [0.29, 0.717) is 0 Å². The number of hydrogen-bond acceptors (Lipinski definition) is 2. The van der Waals surface area contributed by atoms with Crippen LogP contribution in [0.2, 0.25) is 0 Å². The topological polar surface area (TPSA) is 15.3 Å². The molecule has 0 aromatic carbocycles. The highest BCUT2D eigenvalue weighted by atomic mass is 15.2. The Hall–Kier alpha value is -0.660. The fraction of sp³-hybridized carbons (Fsp3) is 0.818. The molecule has 2 nitrogen and oxygen atoms in total. The van der Waals surface area contributed by atoms with Gasteiger partial charge < -0.3 is 10.2 Å². The van der Waals surface area contributed by atoms with Gasteiger partial charge in [0, 0.05) is 20.1 Å². The maximum atomic E-state index is 3.25. The van der Waals surface area contributed by atoms with Gasteiger partial charge in [-0.05, 0) is 31.3 Å². The maximum Gasteiger partial charge on any atom is 0.0966 e. The summed E-state index contributed by atoms with van der Waals surface area (Å²) in [5, 5.41) is 3.25. The molecule has 2 atom stereocenters. The molecule has 0 aromatic rings. The standard InChI is InChI=1S/C11H22N2/c1-5-11(12-4)13-7-9(2)6-10(3)8-13/h5,9-10,12H,6-8H2,1-4H3/b11-5+. The first-order valence-corrected chi connectivity index (χ1v) is 5.26. The van der Waals surface area contributed by atoms with Crippen molar-refractivity contribution < 1.29 is 0 Å². The molecular weight excluding hydrogens is 160 g/mol. The number of nitrogens with one attached hydrogen (secondary N) is 1. The summed E-state index contributed by atoms with van der Waals surface area (Å²) in [5.74, 6) is 2.93. The molecule has 2 heteroatoms. The van der Waals surface area contributed by atoms with Crippen LogP contribution >= 0.6 is 0 Å². The average molecular weight is 182 g/mol. The summed E-state index contributed by atoms with van der Waals surface area (Å²) < 4.78 is 0. The molecule has 13 heavy (non-hydrogen) atoms. The predicted molar refractivity (Wildman–Crippen MR) is 57.3 cm³/mol. The smallest absolute Gasteiger partial charge is 0.0966 e. The Bertz CT molecular complexity index is 177. The van der Waals surface area contributed by atoms with Crippen molar-refractivity contribution in [1.29, 1.82) is 0 Å². The number of likely N-dealkylation sites (tertiary alicyclic amines) is 1. The van der Waals surface area contributed by atoms with E-state index in [4.69, 9.17) is 0 Å². The van der Waals surface area contributed by atoms with Crippen molar-refractivity contribution in [3.63, 3.8) is 0 Å². The zero-order chi connectivity index (χ0) is 9.84. The number of piperidine rings is 1. The molecule has 76 valence electrons. The van der Waals surface area contributed by atoms with E-state index in [0.717, 1.165) is 11.8 Å². The lowest BCUT2D eigenvalue weighted by molar-refractivity contribution is 0.170. The van der Waals surface area contributed by atoms with Gasteiger partial charge in [0.1, 0.15) is 0 Å². The monoisotopic (exact) mass is 182 g/mol. The van der Waals surface area contributed by atoms with Crippen LogP contribution in [0.4, 0.5) is 0 Å². The van der Waals surface area contributed by atoms with Gasteiger partial charge in [-0.2, -0.15) is 0 Å². The Balaban J connectivity index is 2.59. The normalized spacial score (nSPS) is 30.5. The lowest BCUT2D eigenvalue weighted by Gasteiger charge is -2.37. The molecule has 0 aromatic heterocycles. The van der Waals surface area contributed by atoms with Gasteiger partial charge in [-0.1, -0.05) is 13.8 Å². The summed E-state index contributed by atoms with van der Waals surface area (Å²) in [6.07, 6.45) is 3.53. The van der Waals surface area contributed by atoms with Gasteiger partial charge in [0.2, 0.25) is 0 Å². The number of nitrogens with zero attached hydrogens (tertiary/aromatic N) is 1. The summed E-state index contributed by atoms with van der Waals surface area (Å²) >= 11 is 0. The van der Waals surface area contributed by atoms with Crippen molar-refractivity contribution in [2.45, 2.75) is 27.2 Å². The Labute approximate surface area is 82.0 Å². The molecule has 1 heterocycles. The van der Waals surface area contributed by atoms with Crippen LogP contribution < -0.4 is 5.32 Å². The molecule has 1 aliphatic rings. The van der Waals surface area contributed by atoms with E-state index in [2.05, 4.69) is 37.1 Å². The molecule has 1 saturated heterocycles. The number of hydrogen-bond donors (Lipinski definition) is 1. The van der Waals surface area contributed by atoms with Gasteiger partial charge in [0.15, 0.2) is 0 Å². The highest BCUT2D eigenvalue weighted by Gasteiger charge is 2.22. The molecule has 2 unspecified atom stereocenters. The van der Waals surface area contributed by atoms with Crippen LogP contribution in [-0.4, -0.2) is 25.0 Å². The minimum absolute atomic E-state index is 0.826. The third-order valence-corrected chi connectivity index (χ3v) is 2.74. The SMILES string of the molecule is C/C=C(\NC)N1CC(C)CC(C)C1. The zero-order valence-electron chi connectivity index (χ0n) is 9.30. The van der Waals surface area contributed by atoms with Crippen LogP contribution in [0, 0.1) is 11.8 Å². The molecule has 0 spiro atoms. The van der Waals surface area contributed by atoms with Gasteiger partial charge in [-0.15, -0.1) is 0 Å². The van der Waals surface area contributed by atoms with Gasteiger partial charge in [-0.3, -0.25) is 0 Å². The first-order valence-electron chi connectivity index (χ1n) is 5.26. The highest BCUT2D eigenvalue weighted by Crippen LogP contribution is 2.22. The summed E-state index contributed by atoms with van der Waals surface area (Å²) in [5.41, 5.74) is 0. The van der Waals surface area contributed by atoms with Crippen molar-refractivity contribution in [3.8, 4) is 0 Å². The largest absolute Gasteiger partial charge is 0.375 e. The van der Waals surface area contributed by atoms with E-state index < -0.39 is 0 Å². The van der Waals surface area contributed by atoms with Crippen molar-refractivity contribution >= 4 is 0 Å². The van der Waals surface area contributed by atoms with Crippen LogP contribution in [0.15, 0.2) is 11.9 Å². The number of rotatable bonds is 2. The first-order chi connectivity index (χ1) is 6.17. The van der Waals surface area contributed by atoms with Crippen molar-refractivity contribution in [2.75, 3.05) is 20.1 Å². The highest BCUT2D eigenvalue weighted by molar-refractivity contribution is 4.98. The van der Waals surface area contributed by atoms with Crippen LogP contribution in [0.25, 0.3) is 0 Å². The second-order valence-corrected chi connectivity index (χ2v) is 4.27. The fourth-order valence-corrected chi connectivity index (χ4v) is 2.34. The summed E-state index contributed by atoms with van der Waals surface area (Å²) in [4.78, 5) is 2.46. The first kappa shape index (κ1) is 10.4. The third-order valence-electron chi connectivity index (χ3n) is 2.74. The van der Waals surface area contributed by atoms with E-state index in [-0.39, 0.29) is 0 Å². The Morgan fingerprint density at radius 3 is 2.23 bits per heavy atom. The molecule has 1 rings (SSSR count). The van der Waals surface area contributed by atoms with Gasteiger partial charge >= 0.3 is 0 Å². The molecule has 1 N–H and O–H groups in total. The van der Waals surface area contributed by atoms with E-state index >= 15 is 0 Å². The predicted octanol–water partition coefficient (Wildman–Crippen LogP) is 2.04. The zero-order valence-corrected chi connectivity index (χ0v) is 9.30. The van der Waals surface area contributed by atoms with Crippen LogP contribution in [0.5, 0.6) is 0 Å². The minimum Gasteiger partial charge on any atom is -0.375 e. The summed E-state index contributed by atoms with van der Waals surface area (Å²) in [7, 11) is 2.00. The molecule has 1 fully saturated rings. The minimum atomic E-state index is 0.826. The van der Waals surface area contributed by atoms with Gasteiger partial charge in [0.05, 0.1) is 5.82 Å². The molecule has 1 aliphatic heterocycles. The van der Waals surface area contributed by atoms with E-state index in [1.807, 2.05) is 7.05 Å². The summed E-state index contributed by atoms with van der Waals surface area (Å²) in [6, 6.07) is 0. The average Bonchev–Trinajstić information content (AvgIpc) is 2.04. The van der Waals surface area contributed by atoms with Gasteiger partial charge in [0.25, 0.3) is 0 Å². The van der Waals surface area contributed by atoms with E-state index in [9.17, 15) is 0 Å². The van der Waals surface area contributed by atoms with Crippen LogP contribution in [-0.2, 0) is 0 Å². The molecule has 0 amide bonds. The Morgan fingerprint density at radius 1 is 1.31 bits per heavy atom. The van der Waals surface area contributed by atoms with Crippen LogP contribution in [0.1, 0.15) is 27.2 Å². The number of allylic oxidation sites excluding steroid dienone is 1. The quantitative estimate of drug-likeness (QED) is 0.703. The third kappa shape index (κ3) is 2.64. The van der Waals surface area contributed by atoms with Crippen LogP contribution in [0.3, 0.4) is 0 Å². The Morgan fingerprint density at radius 2 is 1.85 bits per heavy atom. The van der Waals surface area contributed by atoms with Crippen molar-refractivity contribution in [1.82, 2.24) is 10.2 Å². The second-order valence-electron chi connectivity index (χ2n) is 4.27.